The molecule has 0 aliphatic heterocycles. The van der Waals surface area contributed by atoms with Crippen molar-refractivity contribution in [3.05, 3.63) is 103 Å². The van der Waals surface area contributed by atoms with Crippen molar-refractivity contribution in [2.24, 2.45) is 0 Å². The average Bonchev–Trinajstić information content (AvgIpc) is 2.82. The van der Waals surface area contributed by atoms with E-state index in [4.69, 9.17) is 0 Å². The maximum atomic E-state index is 3.91. The summed E-state index contributed by atoms with van der Waals surface area (Å²) >= 11 is 0. The molecule has 4 aromatic rings. The van der Waals surface area contributed by atoms with E-state index in [-0.39, 0.29) is 0 Å². The number of nitrogens with one attached hydrogen (secondary N) is 2. The predicted molar refractivity (Wildman–Crippen MR) is 143 cm³/mol. The molecule has 0 spiro atoms. The van der Waals surface area contributed by atoms with Crippen molar-refractivity contribution in [2.45, 2.75) is 6.92 Å². The highest BCUT2D eigenvalue weighted by atomic mass is 15.3. The van der Waals surface area contributed by atoms with Gasteiger partial charge >= 0.3 is 0 Å². The van der Waals surface area contributed by atoms with Gasteiger partial charge in [-0.3, -0.25) is 4.48 Å². The van der Waals surface area contributed by atoms with Gasteiger partial charge in [0.2, 0.25) is 5.69 Å². The number of anilines is 4. The van der Waals surface area contributed by atoms with Crippen molar-refractivity contribution in [3.8, 4) is 0 Å². The molecule has 0 heterocycles. The Bertz CT molecular complexity index is 1220. The highest BCUT2D eigenvalue weighted by Gasteiger charge is 2.22. The van der Waals surface area contributed by atoms with Gasteiger partial charge in [-0.25, -0.2) is 4.58 Å². The van der Waals surface area contributed by atoms with Gasteiger partial charge in [0.15, 0.2) is 0 Å². The monoisotopic (exact) mass is 436 g/mol. The van der Waals surface area contributed by atoms with E-state index in [9.17, 15) is 0 Å². The first-order valence-electron chi connectivity index (χ1n) is 11.1. The molecule has 0 amide bonds. The molecule has 0 aliphatic rings. The molecule has 4 rings (SSSR count). The molecular weight excluding hydrogens is 404 g/mol. The highest BCUT2D eigenvalue weighted by molar-refractivity contribution is 5.67. The third-order valence-electron chi connectivity index (χ3n) is 5.96. The normalized spacial score (nSPS) is 11.2. The van der Waals surface area contributed by atoms with E-state index in [2.05, 4.69) is 135 Å². The lowest BCUT2D eigenvalue weighted by molar-refractivity contribution is -0.394. The maximum Gasteiger partial charge on any atom is 0.204 e. The topological polar surface area (TPSA) is 27.1 Å². The zero-order valence-electron chi connectivity index (χ0n) is 19.8. The van der Waals surface area contributed by atoms with Crippen molar-refractivity contribution < 1.29 is 4.58 Å². The van der Waals surface area contributed by atoms with Crippen LogP contribution >= 0.6 is 0 Å². The molecule has 166 valence electrons. The summed E-state index contributed by atoms with van der Waals surface area (Å²) in [5.41, 5.74) is 9.07. The average molecular weight is 437 g/mol. The summed E-state index contributed by atoms with van der Waals surface area (Å²) in [5.74, 6) is 0. The van der Waals surface area contributed by atoms with Crippen molar-refractivity contribution >= 4 is 46.5 Å². The van der Waals surface area contributed by atoms with Crippen LogP contribution in [-0.4, -0.2) is 32.4 Å². The molecule has 2 N–H and O–H groups in total. The molecule has 0 aliphatic carbocycles. The number of nitrogens with zero attached hydrogens (tertiary/aromatic N) is 2. The maximum absolute atomic E-state index is 3.91. The second kappa shape index (κ2) is 9.31. The van der Waals surface area contributed by atoms with Gasteiger partial charge in [-0.05, 0) is 55.5 Å². The van der Waals surface area contributed by atoms with E-state index in [0.29, 0.717) is 4.48 Å². The minimum absolute atomic E-state index is 0.662. The summed E-state index contributed by atoms with van der Waals surface area (Å²) in [6.45, 7) is 6.01. The fraction of sp³-hybridized carbons (Fsp3) is 0.138. The van der Waals surface area contributed by atoms with E-state index >= 15 is 0 Å². The van der Waals surface area contributed by atoms with Crippen LogP contribution in [0.25, 0.3) is 0 Å². The van der Waals surface area contributed by atoms with Gasteiger partial charge in [0, 0.05) is 59.1 Å². The lowest BCUT2D eigenvalue weighted by Gasteiger charge is -2.29. The third-order valence-corrected chi connectivity index (χ3v) is 5.96. The van der Waals surface area contributed by atoms with E-state index in [1.165, 1.54) is 16.9 Å². The summed E-state index contributed by atoms with van der Waals surface area (Å²) in [4.78, 5) is 0. The van der Waals surface area contributed by atoms with Gasteiger partial charge in [0.1, 0.15) is 25.1 Å². The van der Waals surface area contributed by atoms with Gasteiger partial charge in [-0.1, -0.05) is 17.7 Å². The number of quaternary nitrogens is 1. The van der Waals surface area contributed by atoms with Crippen LogP contribution in [0.5, 0.6) is 0 Å². The molecule has 33 heavy (non-hydrogen) atoms. The lowest BCUT2D eigenvalue weighted by Crippen LogP contribution is -2.34. The summed E-state index contributed by atoms with van der Waals surface area (Å²) in [7, 11) is 6.35. The Kier molecular flexibility index (Phi) is 6.29. The first-order chi connectivity index (χ1) is 15.8. The van der Waals surface area contributed by atoms with Crippen LogP contribution in [0.2, 0.25) is 0 Å². The molecule has 0 saturated heterocycles. The van der Waals surface area contributed by atoms with Crippen LogP contribution in [0, 0.1) is 6.92 Å². The van der Waals surface area contributed by atoms with Gasteiger partial charge in [-0.15, -0.1) is 0 Å². The molecule has 0 saturated carbocycles. The molecule has 0 radical (unpaired) electrons. The quantitative estimate of drug-likeness (QED) is 0.180. The lowest BCUT2D eigenvalue weighted by atomic mass is 10.1. The second-order valence-corrected chi connectivity index (χ2v) is 8.91. The summed E-state index contributed by atoms with van der Waals surface area (Å²) in [6, 6.07) is 33.9. The van der Waals surface area contributed by atoms with E-state index in [1.54, 1.807) is 0 Å². The fourth-order valence-corrected chi connectivity index (χ4v) is 3.75. The van der Waals surface area contributed by atoms with Crippen LogP contribution in [0.15, 0.2) is 97.1 Å². The third kappa shape index (κ3) is 5.30. The molecule has 0 aromatic heterocycles. The molecule has 0 unspecified atom stereocenters. The zero-order chi connectivity index (χ0) is 23.4. The standard InChI is InChI=1S/C29H32N4/c1-22-6-8-23(9-7-22)30-25-12-18-28(19-13-25)33(4,5)29-20-14-26(15-21-29)31-24-10-16-27(17-11-24)32(2)3/h6-21,30-31H,2H2,1,3-5H3/q+2. The first kappa shape index (κ1) is 22.3. The number of hydrogen-bond acceptors (Lipinski definition) is 2. The van der Waals surface area contributed by atoms with Crippen LogP contribution in [0.4, 0.5) is 39.8 Å². The number of benzene rings is 4. The van der Waals surface area contributed by atoms with Gasteiger partial charge in [-0.2, -0.15) is 0 Å². The van der Waals surface area contributed by atoms with Crippen LogP contribution in [0.1, 0.15) is 5.56 Å². The molecule has 4 heteroatoms. The Morgan fingerprint density at radius 3 is 1.27 bits per heavy atom. The van der Waals surface area contributed by atoms with Crippen LogP contribution in [0.3, 0.4) is 0 Å². The van der Waals surface area contributed by atoms with Crippen molar-refractivity contribution in [2.75, 3.05) is 31.8 Å². The van der Waals surface area contributed by atoms with E-state index < -0.39 is 0 Å². The number of rotatable bonds is 7. The Hall–Kier alpha value is -3.89. The molecule has 4 aromatic carbocycles. The molecule has 0 bridgehead atoms. The zero-order valence-corrected chi connectivity index (χ0v) is 19.8. The smallest absolute Gasteiger partial charge is 0.204 e. The Morgan fingerprint density at radius 2 is 0.909 bits per heavy atom. The minimum Gasteiger partial charge on any atom is -0.356 e. The Labute approximate surface area is 197 Å². The molecule has 0 fully saturated rings. The Balaban J connectivity index is 1.45. The highest BCUT2D eigenvalue weighted by Crippen LogP contribution is 2.33. The summed E-state index contributed by atoms with van der Waals surface area (Å²) in [6.07, 6.45) is 0. The molecular formula is C29H32N4+2. The van der Waals surface area contributed by atoms with Crippen LogP contribution < -0.4 is 15.1 Å². The molecule has 4 nitrogen and oxygen atoms in total. The fourth-order valence-electron chi connectivity index (χ4n) is 3.75. The van der Waals surface area contributed by atoms with Crippen molar-refractivity contribution in [1.29, 1.82) is 0 Å². The SMILES string of the molecule is C=[N+](C)c1ccc(Nc2ccc([N+](C)(C)c3ccc(Nc4ccc(C)cc4)cc3)cc2)cc1. The van der Waals surface area contributed by atoms with Crippen LogP contribution in [-0.2, 0) is 0 Å². The largest absolute Gasteiger partial charge is 0.356 e. The number of aryl methyl sites for hydroxylation is 1. The van der Waals surface area contributed by atoms with Gasteiger partial charge in [0.25, 0.3) is 0 Å². The van der Waals surface area contributed by atoms with Crippen molar-refractivity contribution in [1.82, 2.24) is 4.48 Å². The summed E-state index contributed by atoms with van der Waals surface area (Å²) in [5, 5.41) is 6.94. The number of hydrogen-bond donors (Lipinski definition) is 2. The minimum atomic E-state index is 0.662. The molecule has 0 atom stereocenters. The van der Waals surface area contributed by atoms with Gasteiger partial charge < -0.3 is 10.6 Å². The summed E-state index contributed by atoms with van der Waals surface area (Å²) < 4.78 is 2.51. The first-order valence-corrected chi connectivity index (χ1v) is 11.1. The van der Waals surface area contributed by atoms with Gasteiger partial charge in [0.05, 0.1) is 14.1 Å². The van der Waals surface area contributed by atoms with Crippen molar-refractivity contribution in [3.63, 3.8) is 0 Å². The Morgan fingerprint density at radius 1 is 0.576 bits per heavy atom. The van der Waals surface area contributed by atoms with E-state index in [1.807, 2.05) is 11.6 Å². The predicted octanol–water partition coefficient (Wildman–Crippen LogP) is 7.36. The second-order valence-electron chi connectivity index (χ2n) is 8.91. The van der Waals surface area contributed by atoms with E-state index in [0.717, 1.165) is 28.4 Å².